The standard InChI is InChI=1S/C14H19IO3/c1-7-4-5-9(8(2)15)12-11(7)10(16)6-14(3,18)13(12)17/h4-5,8,10,13,16-18H,6H2,1-3H3/t8?,10-,13+,14-/m1/s1. The van der Waals surface area contributed by atoms with E-state index in [9.17, 15) is 15.3 Å². The molecule has 1 aliphatic rings. The van der Waals surface area contributed by atoms with Crippen LogP contribution in [0.1, 0.15) is 58.7 Å². The fourth-order valence-corrected chi connectivity index (χ4v) is 3.32. The molecular formula is C14H19IO3. The Balaban J connectivity index is 2.71. The van der Waals surface area contributed by atoms with Crippen molar-refractivity contribution in [1.29, 1.82) is 0 Å². The third kappa shape index (κ3) is 2.19. The van der Waals surface area contributed by atoms with Gasteiger partial charge < -0.3 is 15.3 Å². The highest BCUT2D eigenvalue weighted by molar-refractivity contribution is 14.1. The molecule has 3 nitrogen and oxygen atoms in total. The topological polar surface area (TPSA) is 60.7 Å². The van der Waals surface area contributed by atoms with E-state index in [4.69, 9.17) is 0 Å². The highest BCUT2D eigenvalue weighted by atomic mass is 127. The SMILES string of the molecule is Cc1ccc(C(C)I)c2c1[C@H](O)C[C@@](C)(O)[C@H]2O. The summed E-state index contributed by atoms with van der Waals surface area (Å²) in [5.41, 5.74) is 2.17. The van der Waals surface area contributed by atoms with Gasteiger partial charge in [-0.3, -0.25) is 0 Å². The normalized spacial score (nSPS) is 33.1. The van der Waals surface area contributed by atoms with Gasteiger partial charge in [-0.05, 0) is 43.0 Å². The van der Waals surface area contributed by atoms with Gasteiger partial charge in [0.15, 0.2) is 0 Å². The molecule has 4 atom stereocenters. The average Bonchev–Trinajstić information content (AvgIpc) is 2.24. The molecule has 18 heavy (non-hydrogen) atoms. The van der Waals surface area contributed by atoms with Gasteiger partial charge in [-0.1, -0.05) is 34.7 Å². The van der Waals surface area contributed by atoms with Crippen molar-refractivity contribution in [3.63, 3.8) is 0 Å². The van der Waals surface area contributed by atoms with Crippen molar-refractivity contribution in [2.75, 3.05) is 0 Å². The molecule has 0 heterocycles. The van der Waals surface area contributed by atoms with Crippen LogP contribution in [0.3, 0.4) is 0 Å². The van der Waals surface area contributed by atoms with E-state index in [0.717, 1.165) is 16.7 Å². The van der Waals surface area contributed by atoms with E-state index < -0.39 is 17.8 Å². The number of alkyl halides is 1. The van der Waals surface area contributed by atoms with Gasteiger partial charge in [-0.25, -0.2) is 0 Å². The van der Waals surface area contributed by atoms with Crippen LogP contribution in [0.4, 0.5) is 0 Å². The monoisotopic (exact) mass is 362 g/mol. The number of benzene rings is 1. The Hall–Kier alpha value is -0.170. The average molecular weight is 362 g/mol. The Labute approximate surface area is 121 Å². The van der Waals surface area contributed by atoms with Crippen LogP contribution in [0, 0.1) is 6.92 Å². The van der Waals surface area contributed by atoms with Gasteiger partial charge >= 0.3 is 0 Å². The second-order valence-electron chi connectivity index (χ2n) is 5.39. The van der Waals surface area contributed by atoms with Crippen molar-refractivity contribution in [2.24, 2.45) is 0 Å². The van der Waals surface area contributed by atoms with Crippen molar-refractivity contribution in [3.05, 3.63) is 34.4 Å². The lowest BCUT2D eigenvalue weighted by Crippen LogP contribution is -2.40. The summed E-state index contributed by atoms with van der Waals surface area (Å²) in [6, 6.07) is 3.95. The summed E-state index contributed by atoms with van der Waals surface area (Å²) in [6.07, 6.45) is -1.49. The number of fused-ring (bicyclic) bond motifs is 1. The maximum atomic E-state index is 10.4. The first-order valence-corrected chi connectivity index (χ1v) is 7.36. The molecule has 0 amide bonds. The highest BCUT2D eigenvalue weighted by Crippen LogP contribution is 2.47. The van der Waals surface area contributed by atoms with E-state index in [2.05, 4.69) is 22.6 Å². The van der Waals surface area contributed by atoms with Gasteiger partial charge in [-0.15, -0.1) is 0 Å². The third-order valence-corrected chi connectivity index (χ3v) is 4.44. The minimum Gasteiger partial charge on any atom is -0.388 e. The van der Waals surface area contributed by atoms with E-state index in [-0.39, 0.29) is 10.3 Å². The van der Waals surface area contributed by atoms with Gasteiger partial charge in [0.05, 0.1) is 11.7 Å². The predicted octanol–water partition coefficient (Wildman–Crippen LogP) is 2.71. The molecule has 100 valence electrons. The Kier molecular flexibility index (Phi) is 3.75. The zero-order valence-corrected chi connectivity index (χ0v) is 13.0. The zero-order chi connectivity index (χ0) is 13.7. The van der Waals surface area contributed by atoms with Crippen LogP contribution in [-0.2, 0) is 0 Å². The summed E-state index contributed by atoms with van der Waals surface area (Å²) in [5.74, 6) is 0. The second-order valence-corrected chi connectivity index (χ2v) is 7.26. The van der Waals surface area contributed by atoms with Crippen molar-refractivity contribution >= 4 is 22.6 Å². The minimum atomic E-state index is -1.28. The molecule has 0 saturated heterocycles. The summed E-state index contributed by atoms with van der Waals surface area (Å²) in [7, 11) is 0. The Morgan fingerprint density at radius 3 is 2.50 bits per heavy atom. The summed E-state index contributed by atoms with van der Waals surface area (Å²) in [4.78, 5) is 0. The predicted molar refractivity (Wildman–Crippen MR) is 78.8 cm³/mol. The van der Waals surface area contributed by atoms with Gasteiger partial charge in [0.1, 0.15) is 6.10 Å². The second kappa shape index (κ2) is 4.74. The van der Waals surface area contributed by atoms with Crippen molar-refractivity contribution in [2.45, 2.75) is 48.9 Å². The molecule has 0 aliphatic heterocycles. The summed E-state index contributed by atoms with van der Waals surface area (Å²) < 4.78 is 0.215. The van der Waals surface area contributed by atoms with Crippen LogP contribution in [0.5, 0.6) is 0 Å². The molecule has 1 aliphatic carbocycles. The van der Waals surface area contributed by atoms with Gasteiger partial charge in [0, 0.05) is 10.3 Å². The molecule has 0 spiro atoms. The number of aryl methyl sites for hydroxylation is 1. The lowest BCUT2D eigenvalue weighted by molar-refractivity contribution is -0.102. The molecule has 3 N–H and O–H groups in total. The molecule has 0 fully saturated rings. The fraction of sp³-hybridized carbons (Fsp3) is 0.571. The van der Waals surface area contributed by atoms with Crippen LogP contribution >= 0.6 is 22.6 Å². The Morgan fingerprint density at radius 1 is 1.33 bits per heavy atom. The quantitative estimate of drug-likeness (QED) is 0.532. The molecule has 1 aromatic carbocycles. The van der Waals surface area contributed by atoms with Crippen LogP contribution in [-0.4, -0.2) is 20.9 Å². The van der Waals surface area contributed by atoms with Gasteiger partial charge in [-0.2, -0.15) is 0 Å². The number of hydrogen-bond acceptors (Lipinski definition) is 3. The lowest BCUT2D eigenvalue weighted by Gasteiger charge is -2.40. The fourth-order valence-electron chi connectivity index (χ4n) is 2.77. The number of rotatable bonds is 1. The van der Waals surface area contributed by atoms with Crippen molar-refractivity contribution < 1.29 is 15.3 Å². The molecule has 0 aromatic heterocycles. The van der Waals surface area contributed by atoms with Crippen LogP contribution in [0.2, 0.25) is 0 Å². The smallest absolute Gasteiger partial charge is 0.108 e. The molecule has 2 rings (SSSR count). The van der Waals surface area contributed by atoms with Crippen LogP contribution < -0.4 is 0 Å². The molecular weight excluding hydrogens is 343 g/mol. The lowest BCUT2D eigenvalue weighted by atomic mass is 9.74. The molecule has 0 bridgehead atoms. The summed E-state index contributed by atoms with van der Waals surface area (Å²) >= 11 is 2.28. The minimum absolute atomic E-state index is 0.168. The van der Waals surface area contributed by atoms with E-state index in [1.807, 2.05) is 26.0 Å². The third-order valence-electron chi connectivity index (χ3n) is 3.77. The number of aliphatic hydroxyl groups excluding tert-OH is 2. The van der Waals surface area contributed by atoms with Crippen LogP contribution in [0.25, 0.3) is 0 Å². The first-order chi connectivity index (χ1) is 8.25. The van der Waals surface area contributed by atoms with E-state index in [1.54, 1.807) is 6.92 Å². The Bertz CT molecular complexity index is 468. The maximum absolute atomic E-state index is 10.4. The first-order valence-electron chi connectivity index (χ1n) is 6.11. The van der Waals surface area contributed by atoms with Gasteiger partial charge in [0.25, 0.3) is 0 Å². The molecule has 1 unspecified atom stereocenters. The van der Waals surface area contributed by atoms with E-state index in [1.165, 1.54) is 0 Å². The van der Waals surface area contributed by atoms with Crippen LogP contribution in [0.15, 0.2) is 12.1 Å². The number of aliphatic hydroxyl groups is 3. The van der Waals surface area contributed by atoms with E-state index >= 15 is 0 Å². The van der Waals surface area contributed by atoms with Gasteiger partial charge in [0.2, 0.25) is 0 Å². The van der Waals surface area contributed by atoms with E-state index in [0.29, 0.717) is 5.56 Å². The summed E-state index contributed by atoms with van der Waals surface area (Å²) in [5, 5.41) is 30.9. The maximum Gasteiger partial charge on any atom is 0.108 e. The molecule has 1 aromatic rings. The molecule has 0 saturated carbocycles. The van der Waals surface area contributed by atoms with Crippen molar-refractivity contribution in [3.8, 4) is 0 Å². The molecule has 0 radical (unpaired) electrons. The number of hydrogen-bond donors (Lipinski definition) is 3. The molecule has 4 heteroatoms. The highest BCUT2D eigenvalue weighted by Gasteiger charge is 2.43. The largest absolute Gasteiger partial charge is 0.388 e. The Morgan fingerprint density at radius 2 is 1.94 bits per heavy atom. The summed E-state index contributed by atoms with van der Waals surface area (Å²) in [6.45, 7) is 5.54. The first kappa shape index (κ1) is 14.2. The number of halogens is 1. The zero-order valence-electron chi connectivity index (χ0n) is 10.8. The van der Waals surface area contributed by atoms with Crippen molar-refractivity contribution in [1.82, 2.24) is 0 Å².